The first-order valence-electron chi connectivity index (χ1n) is 6.57. The van der Waals surface area contributed by atoms with Gasteiger partial charge in [-0.2, -0.15) is 0 Å². The molecule has 0 amide bonds. The molecule has 2 aromatic carbocycles. The molecule has 2 aromatic rings. The maximum absolute atomic E-state index is 6.01. The summed E-state index contributed by atoms with van der Waals surface area (Å²) in [4.78, 5) is 0. The van der Waals surface area contributed by atoms with Crippen LogP contribution in [0, 0.1) is 0 Å². The molecular weight excluding hydrogens is 293 g/mol. The van der Waals surface area contributed by atoms with Gasteiger partial charge in [0.05, 0.1) is 10.0 Å². The number of ether oxygens (including phenoxy) is 1. The Hall–Kier alpha value is -1.22. The highest BCUT2D eigenvalue weighted by atomic mass is 35.5. The Balaban J connectivity index is 2.26. The highest BCUT2D eigenvalue weighted by Gasteiger charge is 2.11. The van der Waals surface area contributed by atoms with E-state index >= 15 is 0 Å². The lowest BCUT2D eigenvalue weighted by Gasteiger charge is -2.17. The van der Waals surface area contributed by atoms with Gasteiger partial charge in [-0.15, -0.1) is 0 Å². The summed E-state index contributed by atoms with van der Waals surface area (Å²) >= 11 is 11.9. The predicted octanol–water partition coefficient (Wildman–Crippen LogP) is 5.46. The lowest BCUT2D eigenvalue weighted by atomic mass is 10.1. The number of hydrogen-bond donors (Lipinski definition) is 1. The van der Waals surface area contributed by atoms with E-state index in [4.69, 9.17) is 27.9 Å². The number of halogens is 2. The van der Waals surface area contributed by atoms with Crippen LogP contribution in [0.3, 0.4) is 0 Å². The van der Waals surface area contributed by atoms with E-state index in [9.17, 15) is 0 Å². The second kappa shape index (κ2) is 6.98. The largest absolute Gasteiger partial charge is 0.457 e. The highest BCUT2D eigenvalue weighted by Crippen LogP contribution is 2.32. The number of para-hydroxylation sites is 1. The van der Waals surface area contributed by atoms with Crippen LogP contribution in [0.2, 0.25) is 10.0 Å². The van der Waals surface area contributed by atoms with Crippen LogP contribution >= 0.6 is 23.2 Å². The Kier molecular flexibility index (Phi) is 5.30. The van der Waals surface area contributed by atoms with Gasteiger partial charge in [-0.25, -0.2) is 0 Å². The molecule has 0 aliphatic rings. The molecule has 0 aromatic heterocycles. The molecule has 0 aliphatic heterocycles. The second-order valence-electron chi connectivity index (χ2n) is 4.50. The van der Waals surface area contributed by atoms with Crippen LogP contribution in [0.25, 0.3) is 0 Å². The van der Waals surface area contributed by atoms with Gasteiger partial charge >= 0.3 is 0 Å². The van der Waals surface area contributed by atoms with Gasteiger partial charge < -0.3 is 10.1 Å². The van der Waals surface area contributed by atoms with Crippen molar-refractivity contribution in [2.24, 2.45) is 0 Å². The minimum absolute atomic E-state index is 0.221. The maximum Gasteiger partial charge on any atom is 0.132 e. The zero-order valence-electron chi connectivity index (χ0n) is 11.5. The Labute approximate surface area is 129 Å². The number of rotatable bonds is 5. The van der Waals surface area contributed by atoms with Gasteiger partial charge in [-0.1, -0.05) is 48.3 Å². The highest BCUT2D eigenvalue weighted by molar-refractivity contribution is 6.42. The van der Waals surface area contributed by atoms with Crippen LogP contribution in [0.1, 0.15) is 25.5 Å². The molecule has 2 nitrogen and oxygen atoms in total. The molecule has 2 rings (SSSR count). The Bertz CT molecular complexity index is 586. The van der Waals surface area contributed by atoms with E-state index in [1.807, 2.05) is 24.3 Å². The van der Waals surface area contributed by atoms with E-state index in [1.165, 1.54) is 0 Å². The number of benzene rings is 2. The normalized spacial score (nSPS) is 12.2. The molecule has 20 heavy (non-hydrogen) atoms. The molecule has 0 saturated carbocycles. The molecule has 4 heteroatoms. The van der Waals surface area contributed by atoms with E-state index in [2.05, 4.69) is 25.2 Å². The SMILES string of the molecule is CCNC(C)c1ccccc1Oc1ccc(Cl)c(Cl)c1. The summed E-state index contributed by atoms with van der Waals surface area (Å²) in [5.74, 6) is 1.50. The smallest absolute Gasteiger partial charge is 0.132 e. The summed E-state index contributed by atoms with van der Waals surface area (Å²) in [6.45, 7) is 5.10. The molecule has 106 valence electrons. The van der Waals surface area contributed by atoms with Gasteiger partial charge in [0.1, 0.15) is 11.5 Å². The Morgan fingerprint density at radius 1 is 1.10 bits per heavy atom. The Morgan fingerprint density at radius 3 is 2.55 bits per heavy atom. The van der Waals surface area contributed by atoms with Crippen LogP contribution in [-0.4, -0.2) is 6.54 Å². The molecule has 0 aliphatic carbocycles. The van der Waals surface area contributed by atoms with Gasteiger partial charge in [0.2, 0.25) is 0 Å². The number of nitrogens with one attached hydrogen (secondary N) is 1. The molecule has 0 fully saturated rings. The second-order valence-corrected chi connectivity index (χ2v) is 5.31. The quantitative estimate of drug-likeness (QED) is 0.792. The lowest BCUT2D eigenvalue weighted by Crippen LogP contribution is -2.18. The summed E-state index contributed by atoms with van der Waals surface area (Å²) in [6, 6.07) is 13.4. The van der Waals surface area contributed by atoms with E-state index in [0.29, 0.717) is 15.8 Å². The van der Waals surface area contributed by atoms with Crippen molar-refractivity contribution >= 4 is 23.2 Å². The first-order valence-corrected chi connectivity index (χ1v) is 7.32. The topological polar surface area (TPSA) is 21.3 Å². The van der Waals surface area contributed by atoms with Crippen molar-refractivity contribution < 1.29 is 4.74 Å². The van der Waals surface area contributed by atoms with Gasteiger partial charge in [-0.05, 0) is 31.7 Å². The molecule has 0 saturated heterocycles. The third-order valence-corrected chi connectivity index (χ3v) is 3.75. The zero-order valence-corrected chi connectivity index (χ0v) is 13.0. The minimum atomic E-state index is 0.221. The third-order valence-electron chi connectivity index (χ3n) is 3.01. The van der Waals surface area contributed by atoms with Gasteiger partial charge in [0.15, 0.2) is 0 Å². The fourth-order valence-electron chi connectivity index (χ4n) is 2.01. The standard InChI is InChI=1S/C16H17Cl2NO/c1-3-19-11(2)13-6-4-5-7-16(13)20-12-8-9-14(17)15(18)10-12/h4-11,19H,3H2,1-2H3. The predicted molar refractivity (Wildman–Crippen MR) is 85.1 cm³/mol. The van der Waals surface area contributed by atoms with Gasteiger partial charge in [-0.3, -0.25) is 0 Å². The monoisotopic (exact) mass is 309 g/mol. The average molecular weight is 310 g/mol. The van der Waals surface area contributed by atoms with E-state index in [-0.39, 0.29) is 6.04 Å². The fourth-order valence-corrected chi connectivity index (χ4v) is 2.30. The summed E-state index contributed by atoms with van der Waals surface area (Å²) in [5.41, 5.74) is 1.11. The van der Waals surface area contributed by atoms with E-state index in [0.717, 1.165) is 17.9 Å². The van der Waals surface area contributed by atoms with Crippen LogP contribution in [0.15, 0.2) is 42.5 Å². The van der Waals surface area contributed by atoms with Crippen molar-refractivity contribution in [1.82, 2.24) is 5.32 Å². The summed E-state index contributed by atoms with van der Waals surface area (Å²) in [5, 5.41) is 4.39. The van der Waals surface area contributed by atoms with E-state index in [1.54, 1.807) is 12.1 Å². The molecule has 0 spiro atoms. The van der Waals surface area contributed by atoms with Crippen molar-refractivity contribution in [2.45, 2.75) is 19.9 Å². The molecule has 0 radical (unpaired) electrons. The summed E-state index contributed by atoms with van der Waals surface area (Å²) < 4.78 is 5.93. The summed E-state index contributed by atoms with van der Waals surface area (Å²) in [7, 11) is 0. The molecule has 0 heterocycles. The van der Waals surface area contributed by atoms with Crippen molar-refractivity contribution in [3.05, 3.63) is 58.1 Å². The maximum atomic E-state index is 6.01. The fraction of sp³-hybridized carbons (Fsp3) is 0.250. The molecule has 0 bridgehead atoms. The van der Waals surface area contributed by atoms with Crippen LogP contribution in [0.4, 0.5) is 0 Å². The Morgan fingerprint density at radius 2 is 1.85 bits per heavy atom. The molecule has 1 unspecified atom stereocenters. The van der Waals surface area contributed by atoms with E-state index < -0.39 is 0 Å². The molecule has 1 atom stereocenters. The minimum Gasteiger partial charge on any atom is -0.457 e. The first-order chi connectivity index (χ1) is 9.61. The van der Waals surface area contributed by atoms with Crippen LogP contribution < -0.4 is 10.1 Å². The first kappa shape index (κ1) is 15.2. The molecular formula is C16H17Cl2NO. The van der Waals surface area contributed by atoms with Gasteiger partial charge in [0, 0.05) is 17.7 Å². The van der Waals surface area contributed by atoms with Gasteiger partial charge in [0.25, 0.3) is 0 Å². The van der Waals surface area contributed by atoms with Crippen molar-refractivity contribution in [3.8, 4) is 11.5 Å². The van der Waals surface area contributed by atoms with Crippen molar-refractivity contribution in [1.29, 1.82) is 0 Å². The van der Waals surface area contributed by atoms with Crippen molar-refractivity contribution in [2.75, 3.05) is 6.54 Å². The molecule has 1 N–H and O–H groups in total. The average Bonchev–Trinajstić information content (AvgIpc) is 2.44. The summed E-state index contributed by atoms with van der Waals surface area (Å²) in [6.07, 6.45) is 0. The van der Waals surface area contributed by atoms with Crippen molar-refractivity contribution in [3.63, 3.8) is 0 Å². The number of hydrogen-bond acceptors (Lipinski definition) is 2. The van der Waals surface area contributed by atoms with Crippen LogP contribution in [-0.2, 0) is 0 Å². The lowest BCUT2D eigenvalue weighted by molar-refractivity contribution is 0.463. The zero-order chi connectivity index (χ0) is 14.5. The van der Waals surface area contributed by atoms with Crippen LogP contribution in [0.5, 0.6) is 11.5 Å². The third kappa shape index (κ3) is 3.66.